The summed E-state index contributed by atoms with van der Waals surface area (Å²) >= 11 is 0. The fourth-order valence-electron chi connectivity index (χ4n) is 2.31. The van der Waals surface area contributed by atoms with Crippen molar-refractivity contribution < 1.29 is 9.18 Å². The van der Waals surface area contributed by atoms with Gasteiger partial charge in [-0.25, -0.2) is 9.37 Å². The lowest BCUT2D eigenvalue weighted by Gasteiger charge is -2.02. The fourth-order valence-corrected chi connectivity index (χ4v) is 2.31. The van der Waals surface area contributed by atoms with Crippen LogP contribution in [0.4, 0.5) is 4.39 Å². The van der Waals surface area contributed by atoms with E-state index >= 15 is 0 Å². The summed E-state index contributed by atoms with van der Waals surface area (Å²) in [6.07, 6.45) is 1.65. The summed E-state index contributed by atoms with van der Waals surface area (Å²) in [4.78, 5) is 19.3. The third-order valence-electron chi connectivity index (χ3n) is 3.34. The van der Waals surface area contributed by atoms with Gasteiger partial charge < -0.3 is 10.3 Å². The Hall–Kier alpha value is -2.17. The van der Waals surface area contributed by atoms with Crippen molar-refractivity contribution in [1.29, 1.82) is 0 Å². The first-order chi connectivity index (χ1) is 9.15. The van der Waals surface area contributed by atoms with E-state index in [9.17, 15) is 9.18 Å². The maximum absolute atomic E-state index is 13.3. The normalized spacial score (nSPS) is 14.7. The van der Waals surface area contributed by atoms with E-state index in [0.29, 0.717) is 23.6 Å². The van der Waals surface area contributed by atoms with Crippen LogP contribution in [0.25, 0.3) is 11.4 Å². The number of aromatic amines is 1. The molecule has 0 atom stereocenters. The first-order valence-corrected chi connectivity index (χ1v) is 6.29. The first kappa shape index (κ1) is 11.9. The molecular formula is C14H14FN3O. The molecule has 4 nitrogen and oxygen atoms in total. The largest absolute Gasteiger partial charge is 0.351 e. The number of aromatic nitrogens is 2. The van der Waals surface area contributed by atoms with Crippen LogP contribution in [-0.2, 0) is 6.42 Å². The fraction of sp³-hybridized carbons (Fsp3) is 0.286. The van der Waals surface area contributed by atoms with E-state index in [1.54, 1.807) is 6.07 Å². The summed E-state index contributed by atoms with van der Waals surface area (Å²) < 4.78 is 13.3. The quantitative estimate of drug-likeness (QED) is 0.824. The van der Waals surface area contributed by atoms with Gasteiger partial charge in [0.25, 0.3) is 5.91 Å². The Morgan fingerprint density at radius 1 is 1.37 bits per heavy atom. The summed E-state index contributed by atoms with van der Waals surface area (Å²) in [6.45, 7) is 2.56. The summed E-state index contributed by atoms with van der Waals surface area (Å²) in [5.74, 6) is 0.0831. The number of nitrogens with zero attached hydrogens (tertiary/aromatic N) is 1. The number of halogens is 1. The Labute approximate surface area is 110 Å². The predicted molar refractivity (Wildman–Crippen MR) is 69.4 cm³/mol. The van der Waals surface area contributed by atoms with Crippen molar-refractivity contribution >= 4 is 5.91 Å². The third kappa shape index (κ3) is 2.12. The highest BCUT2D eigenvalue weighted by molar-refractivity contribution is 5.94. The minimum Gasteiger partial charge on any atom is -0.351 e. The molecule has 1 aromatic heterocycles. The number of fused-ring (bicyclic) bond motifs is 1. The average molecular weight is 259 g/mol. The number of hydrogen-bond acceptors (Lipinski definition) is 2. The third-order valence-corrected chi connectivity index (χ3v) is 3.34. The zero-order valence-corrected chi connectivity index (χ0v) is 10.6. The van der Waals surface area contributed by atoms with Gasteiger partial charge in [0.05, 0.1) is 0 Å². The van der Waals surface area contributed by atoms with Gasteiger partial charge in [-0.2, -0.15) is 0 Å². The molecular weight excluding hydrogens is 245 g/mol. The monoisotopic (exact) mass is 259 g/mol. The smallest absolute Gasteiger partial charge is 0.271 e. The lowest BCUT2D eigenvalue weighted by Crippen LogP contribution is -2.23. The van der Waals surface area contributed by atoms with E-state index < -0.39 is 0 Å². The lowest BCUT2D eigenvalue weighted by atomic mass is 10.1. The van der Waals surface area contributed by atoms with Gasteiger partial charge in [-0.05, 0) is 37.5 Å². The van der Waals surface area contributed by atoms with Gasteiger partial charge in [-0.15, -0.1) is 0 Å². The predicted octanol–water partition coefficient (Wildman–Crippen LogP) is 2.20. The van der Waals surface area contributed by atoms with Crippen molar-refractivity contribution in [2.45, 2.75) is 19.8 Å². The van der Waals surface area contributed by atoms with E-state index in [0.717, 1.165) is 24.1 Å². The van der Waals surface area contributed by atoms with Crippen LogP contribution in [0, 0.1) is 12.7 Å². The molecule has 1 aliphatic rings. The Morgan fingerprint density at radius 2 is 2.21 bits per heavy atom. The van der Waals surface area contributed by atoms with E-state index in [1.165, 1.54) is 12.1 Å². The molecule has 3 rings (SSSR count). The second-order valence-corrected chi connectivity index (χ2v) is 4.73. The van der Waals surface area contributed by atoms with E-state index in [-0.39, 0.29) is 11.7 Å². The van der Waals surface area contributed by atoms with Gasteiger partial charge in [0, 0.05) is 17.8 Å². The molecule has 19 heavy (non-hydrogen) atoms. The van der Waals surface area contributed by atoms with Crippen molar-refractivity contribution in [1.82, 2.24) is 15.3 Å². The van der Waals surface area contributed by atoms with Crippen LogP contribution >= 0.6 is 0 Å². The molecule has 1 amide bonds. The van der Waals surface area contributed by atoms with Crippen molar-refractivity contribution in [3.05, 3.63) is 41.0 Å². The number of amides is 1. The molecule has 2 heterocycles. The second-order valence-electron chi connectivity index (χ2n) is 4.73. The molecule has 0 fully saturated rings. The average Bonchev–Trinajstić information content (AvgIpc) is 2.74. The summed E-state index contributed by atoms with van der Waals surface area (Å²) in [5.41, 5.74) is 2.87. The van der Waals surface area contributed by atoms with Gasteiger partial charge >= 0.3 is 0 Å². The van der Waals surface area contributed by atoms with Crippen molar-refractivity contribution in [2.75, 3.05) is 6.54 Å². The SMILES string of the molecule is Cc1ccc(F)cc1-c1nc2c([nH]1)CCCNC2=O. The molecule has 0 bridgehead atoms. The number of aryl methyl sites for hydroxylation is 2. The number of hydrogen-bond donors (Lipinski definition) is 2. The van der Waals surface area contributed by atoms with Gasteiger partial charge in [0.15, 0.2) is 0 Å². The summed E-state index contributed by atoms with van der Waals surface area (Å²) in [5, 5.41) is 2.80. The standard InChI is InChI=1S/C14H14FN3O/c1-8-4-5-9(15)7-10(8)13-17-11-3-2-6-16-14(19)12(11)18-13/h4-5,7H,2-3,6H2,1H3,(H,16,19)(H,17,18). The molecule has 5 heteroatoms. The molecule has 2 N–H and O–H groups in total. The van der Waals surface area contributed by atoms with Crippen molar-refractivity contribution in [3.8, 4) is 11.4 Å². The van der Waals surface area contributed by atoms with Crippen LogP contribution < -0.4 is 5.32 Å². The van der Waals surface area contributed by atoms with E-state index in [2.05, 4.69) is 15.3 Å². The molecule has 0 saturated heterocycles. The number of nitrogens with one attached hydrogen (secondary N) is 2. The van der Waals surface area contributed by atoms with Gasteiger partial charge in [-0.3, -0.25) is 4.79 Å². The number of H-pyrrole nitrogens is 1. The van der Waals surface area contributed by atoms with Crippen LogP contribution in [0.3, 0.4) is 0 Å². The molecule has 0 radical (unpaired) electrons. The maximum atomic E-state index is 13.3. The molecule has 0 unspecified atom stereocenters. The highest BCUT2D eigenvalue weighted by Gasteiger charge is 2.21. The van der Waals surface area contributed by atoms with Crippen molar-refractivity contribution in [3.63, 3.8) is 0 Å². The Balaban J connectivity index is 2.10. The van der Waals surface area contributed by atoms with Crippen LogP contribution in [0.1, 0.15) is 28.2 Å². The first-order valence-electron chi connectivity index (χ1n) is 6.29. The molecule has 0 aliphatic carbocycles. The number of carbonyl (C=O) groups excluding carboxylic acids is 1. The summed E-state index contributed by atoms with van der Waals surface area (Å²) in [7, 11) is 0. The zero-order chi connectivity index (χ0) is 13.4. The molecule has 2 aromatic rings. The number of imidazole rings is 1. The minimum absolute atomic E-state index is 0.163. The Bertz CT molecular complexity index is 648. The summed E-state index contributed by atoms with van der Waals surface area (Å²) in [6, 6.07) is 4.56. The molecule has 0 spiro atoms. The highest BCUT2D eigenvalue weighted by atomic mass is 19.1. The molecule has 1 aromatic carbocycles. The van der Waals surface area contributed by atoms with Crippen LogP contribution in [0.15, 0.2) is 18.2 Å². The Kier molecular flexibility index (Phi) is 2.81. The maximum Gasteiger partial charge on any atom is 0.271 e. The number of carbonyl (C=O) groups is 1. The Morgan fingerprint density at radius 3 is 3.05 bits per heavy atom. The minimum atomic E-state index is -0.309. The lowest BCUT2D eigenvalue weighted by molar-refractivity contribution is 0.0951. The van der Waals surface area contributed by atoms with Gasteiger partial charge in [-0.1, -0.05) is 6.07 Å². The van der Waals surface area contributed by atoms with Crippen LogP contribution in [-0.4, -0.2) is 22.4 Å². The molecule has 98 valence electrons. The van der Waals surface area contributed by atoms with Gasteiger partial charge in [0.2, 0.25) is 0 Å². The second kappa shape index (κ2) is 4.50. The van der Waals surface area contributed by atoms with Crippen molar-refractivity contribution in [2.24, 2.45) is 0 Å². The number of benzene rings is 1. The zero-order valence-electron chi connectivity index (χ0n) is 10.6. The van der Waals surface area contributed by atoms with Gasteiger partial charge in [0.1, 0.15) is 17.3 Å². The number of rotatable bonds is 1. The van der Waals surface area contributed by atoms with E-state index in [4.69, 9.17) is 0 Å². The van der Waals surface area contributed by atoms with Crippen LogP contribution in [0.5, 0.6) is 0 Å². The topological polar surface area (TPSA) is 57.8 Å². The molecule has 0 saturated carbocycles. The molecule has 1 aliphatic heterocycles. The van der Waals surface area contributed by atoms with Crippen LogP contribution in [0.2, 0.25) is 0 Å². The van der Waals surface area contributed by atoms with E-state index in [1.807, 2.05) is 6.92 Å². The highest BCUT2D eigenvalue weighted by Crippen LogP contribution is 2.24.